The van der Waals surface area contributed by atoms with E-state index in [2.05, 4.69) is 51.0 Å². The third-order valence-electron chi connectivity index (χ3n) is 3.90. The molecule has 1 aliphatic carbocycles. The van der Waals surface area contributed by atoms with Crippen LogP contribution in [0.1, 0.15) is 64.1 Å². The summed E-state index contributed by atoms with van der Waals surface area (Å²) in [6.07, 6.45) is 11.8. The van der Waals surface area contributed by atoms with E-state index in [1.54, 1.807) is 5.57 Å². The maximum Gasteiger partial charge on any atom is 0.0698 e. The molecule has 0 bridgehead atoms. The summed E-state index contributed by atoms with van der Waals surface area (Å²) in [5.41, 5.74) is 2.92. The second-order valence-electron chi connectivity index (χ2n) is 5.52. The van der Waals surface area contributed by atoms with E-state index < -0.39 is 0 Å². The number of nitrogens with zero attached hydrogens (tertiary/aromatic N) is 2. The van der Waals surface area contributed by atoms with Crippen molar-refractivity contribution in [2.75, 3.05) is 6.54 Å². The molecule has 1 aromatic heterocycles. The molecule has 0 radical (unpaired) electrons. The van der Waals surface area contributed by atoms with Crippen molar-refractivity contribution in [3.05, 3.63) is 28.0 Å². The fraction of sp³-hybridized carbons (Fsp3) is 0.688. The first-order valence-electron chi connectivity index (χ1n) is 7.88. The quantitative estimate of drug-likeness (QED) is 0.736. The van der Waals surface area contributed by atoms with Crippen molar-refractivity contribution in [3.8, 4) is 0 Å². The molecule has 1 atom stereocenters. The van der Waals surface area contributed by atoms with Gasteiger partial charge in [0.2, 0.25) is 0 Å². The standard InChI is InChI=1S/C16H26BrN3/c1-3-10-20-16(14(17)12-19-20)15(18-4-2)11-13-8-6-5-7-9-13/h8,12,15,18H,3-7,9-11H2,1-2H3. The normalized spacial score (nSPS) is 17.1. The highest BCUT2D eigenvalue weighted by atomic mass is 79.9. The molecule has 0 fully saturated rings. The lowest BCUT2D eigenvalue weighted by molar-refractivity contribution is 0.467. The Morgan fingerprint density at radius 1 is 1.40 bits per heavy atom. The lowest BCUT2D eigenvalue weighted by atomic mass is 9.93. The van der Waals surface area contributed by atoms with Crippen LogP contribution in [0, 0.1) is 0 Å². The number of aromatic nitrogens is 2. The first kappa shape index (κ1) is 15.8. The summed E-state index contributed by atoms with van der Waals surface area (Å²) < 4.78 is 3.29. The van der Waals surface area contributed by atoms with E-state index in [1.807, 2.05) is 6.20 Å². The Labute approximate surface area is 131 Å². The Kier molecular flexibility index (Phi) is 6.30. The number of allylic oxidation sites excluding steroid dienone is 1. The number of halogens is 1. The smallest absolute Gasteiger partial charge is 0.0698 e. The Morgan fingerprint density at radius 2 is 2.25 bits per heavy atom. The molecule has 1 N–H and O–H groups in total. The average Bonchev–Trinajstić information content (AvgIpc) is 2.81. The molecule has 0 saturated carbocycles. The van der Waals surface area contributed by atoms with Gasteiger partial charge in [-0.05, 0) is 61.0 Å². The minimum atomic E-state index is 0.368. The van der Waals surface area contributed by atoms with Gasteiger partial charge in [0.15, 0.2) is 0 Å². The zero-order valence-electron chi connectivity index (χ0n) is 12.7. The third kappa shape index (κ3) is 3.95. The number of aryl methyl sites for hydroxylation is 1. The van der Waals surface area contributed by atoms with Crippen molar-refractivity contribution in [2.24, 2.45) is 0 Å². The highest BCUT2D eigenvalue weighted by molar-refractivity contribution is 9.10. The molecule has 1 aromatic rings. The third-order valence-corrected chi connectivity index (χ3v) is 4.51. The number of nitrogens with one attached hydrogen (secondary N) is 1. The van der Waals surface area contributed by atoms with Gasteiger partial charge in [0.25, 0.3) is 0 Å². The molecule has 1 aliphatic rings. The molecule has 20 heavy (non-hydrogen) atoms. The average molecular weight is 340 g/mol. The van der Waals surface area contributed by atoms with Gasteiger partial charge < -0.3 is 5.32 Å². The largest absolute Gasteiger partial charge is 0.309 e. The van der Waals surface area contributed by atoms with E-state index in [4.69, 9.17) is 0 Å². The van der Waals surface area contributed by atoms with Crippen molar-refractivity contribution in [1.29, 1.82) is 0 Å². The maximum atomic E-state index is 4.51. The van der Waals surface area contributed by atoms with Crippen LogP contribution in [-0.2, 0) is 6.54 Å². The van der Waals surface area contributed by atoms with Gasteiger partial charge in [-0.25, -0.2) is 0 Å². The summed E-state index contributed by atoms with van der Waals surface area (Å²) in [5, 5.41) is 8.15. The predicted octanol–water partition coefficient (Wildman–Crippen LogP) is 4.60. The second-order valence-corrected chi connectivity index (χ2v) is 6.38. The van der Waals surface area contributed by atoms with Crippen molar-refractivity contribution >= 4 is 15.9 Å². The van der Waals surface area contributed by atoms with Gasteiger partial charge in [-0.15, -0.1) is 0 Å². The molecule has 3 nitrogen and oxygen atoms in total. The minimum absolute atomic E-state index is 0.368. The summed E-state index contributed by atoms with van der Waals surface area (Å²) in [5.74, 6) is 0. The van der Waals surface area contributed by atoms with Crippen LogP contribution in [0.5, 0.6) is 0 Å². The molecule has 0 aliphatic heterocycles. The first-order valence-corrected chi connectivity index (χ1v) is 8.68. The van der Waals surface area contributed by atoms with Crippen molar-refractivity contribution in [3.63, 3.8) is 0 Å². The van der Waals surface area contributed by atoms with Gasteiger partial charge in [-0.3, -0.25) is 4.68 Å². The highest BCUT2D eigenvalue weighted by Crippen LogP contribution is 2.31. The predicted molar refractivity (Wildman–Crippen MR) is 87.8 cm³/mol. The number of hydrogen-bond donors (Lipinski definition) is 1. The summed E-state index contributed by atoms with van der Waals surface area (Å²) in [6.45, 7) is 6.35. The lowest BCUT2D eigenvalue weighted by Gasteiger charge is -2.23. The lowest BCUT2D eigenvalue weighted by Crippen LogP contribution is -2.25. The van der Waals surface area contributed by atoms with Crippen LogP contribution in [0.15, 0.2) is 22.3 Å². The van der Waals surface area contributed by atoms with Gasteiger partial charge >= 0.3 is 0 Å². The van der Waals surface area contributed by atoms with Crippen LogP contribution in [0.4, 0.5) is 0 Å². The van der Waals surface area contributed by atoms with E-state index >= 15 is 0 Å². The van der Waals surface area contributed by atoms with Crippen LogP contribution in [0.3, 0.4) is 0 Å². The summed E-state index contributed by atoms with van der Waals surface area (Å²) in [6, 6.07) is 0.368. The van der Waals surface area contributed by atoms with Gasteiger partial charge in [-0.2, -0.15) is 5.10 Å². The SMILES string of the molecule is CCCn1ncc(Br)c1C(CC1=CCCCC1)NCC. The molecule has 112 valence electrons. The van der Waals surface area contributed by atoms with Crippen LogP contribution in [-0.4, -0.2) is 16.3 Å². The Balaban J connectivity index is 2.18. The maximum absolute atomic E-state index is 4.51. The Bertz CT molecular complexity index is 451. The van der Waals surface area contributed by atoms with Gasteiger partial charge in [0.1, 0.15) is 0 Å². The molecular weight excluding hydrogens is 314 g/mol. The van der Waals surface area contributed by atoms with Crippen molar-refractivity contribution < 1.29 is 0 Å². The van der Waals surface area contributed by atoms with Crippen LogP contribution in [0.2, 0.25) is 0 Å². The zero-order chi connectivity index (χ0) is 14.4. The molecular formula is C16H26BrN3. The van der Waals surface area contributed by atoms with Gasteiger partial charge in [0.05, 0.1) is 22.4 Å². The van der Waals surface area contributed by atoms with E-state index in [1.165, 1.54) is 31.4 Å². The van der Waals surface area contributed by atoms with E-state index in [-0.39, 0.29) is 0 Å². The molecule has 4 heteroatoms. The van der Waals surface area contributed by atoms with E-state index in [0.717, 1.165) is 30.4 Å². The number of hydrogen-bond acceptors (Lipinski definition) is 2. The molecule has 1 heterocycles. The summed E-state index contributed by atoms with van der Waals surface area (Å²) in [7, 11) is 0. The monoisotopic (exact) mass is 339 g/mol. The second kappa shape index (κ2) is 7.99. The topological polar surface area (TPSA) is 29.9 Å². The Morgan fingerprint density at radius 3 is 2.90 bits per heavy atom. The zero-order valence-corrected chi connectivity index (χ0v) is 14.2. The summed E-state index contributed by atoms with van der Waals surface area (Å²) >= 11 is 3.68. The van der Waals surface area contributed by atoms with Crippen LogP contribution in [0.25, 0.3) is 0 Å². The van der Waals surface area contributed by atoms with E-state index in [0.29, 0.717) is 6.04 Å². The van der Waals surface area contributed by atoms with Gasteiger partial charge in [0, 0.05) is 6.54 Å². The summed E-state index contributed by atoms with van der Waals surface area (Å²) in [4.78, 5) is 0. The van der Waals surface area contributed by atoms with Crippen molar-refractivity contribution in [2.45, 2.75) is 65.0 Å². The number of rotatable bonds is 7. The molecule has 0 saturated heterocycles. The molecule has 0 aromatic carbocycles. The van der Waals surface area contributed by atoms with Crippen molar-refractivity contribution in [1.82, 2.24) is 15.1 Å². The molecule has 1 unspecified atom stereocenters. The van der Waals surface area contributed by atoms with Crippen LogP contribution >= 0.6 is 15.9 Å². The fourth-order valence-corrected chi connectivity index (χ4v) is 3.55. The molecule has 2 rings (SSSR count). The fourth-order valence-electron chi connectivity index (χ4n) is 2.97. The first-order chi connectivity index (χ1) is 9.76. The minimum Gasteiger partial charge on any atom is -0.309 e. The Hall–Kier alpha value is -0.610. The molecule has 0 amide bonds. The van der Waals surface area contributed by atoms with Gasteiger partial charge in [-0.1, -0.05) is 25.5 Å². The highest BCUT2D eigenvalue weighted by Gasteiger charge is 2.21. The van der Waals surface area contributed by atoms with Crippen LogP contribution < -0.4 is 5.32 Å². The molecule has 0 spiro atoms. The van der Waals surface area contributed by atoms with E-state index in [9.17, 15) is 0 Å².